The predicted octanol–water partition coefficient (Wildman–Crippen LogP) is 5.66. The smallest absolute Gasteiger partial charge is 0.315 e. The average molecular weight is 596 g/mol. The molecule has 0 fully saturated rings. The van der Waals surface area contributed by atoms with Crippen molar-refractivity contribution >= 4 is 22.9 Å². The summed E-state index contributed by atoms with van der Waals surface area (Å²) in [6, 6.07) is 15.0. The van der Waals surface area contributed by atoms with Crippen molar-refractivity contribution in [3.63, 3.8) is 0 Å². The molecule has 12 nitrogen and oxygen atoms in total. The molecule has 4 rings (SSSR count). The molecule has 4 aromatic rings. The molecule has 0 amide bonds. The van der Waals surface area contributed by atoms with Gasteiger partial charge in [-0.05, 0) is 36.4 Å². The lowest BCUT2D eigenvalue weighted by atomic mass is 10.0. The first-order valence-electron chi connectivity index (χ1n) is 12.0. The SMILES string of the molecule is COc1cc(C(=O)c2ccccc2F)cc([N+](=O)[O-])c1O.COc1cc(C(=O)c2ccccc2F)cc([N+](=O)[O-])c1OC. The van der Waals surface area contributed by atoms with Gasteiger partial charge in [-0.3, -0.25) is 29.8 Å². The van der Waals surface area contributed by atoms with E-state index in [9.17, 15) is 43.7 Å². The molecule has 43 heavy (non-hydrogen) atoms. The Labute approximate surface area is 242 Å². The number of ketones is 2. The number of halogens is 2. The lowest BCUT2D eigenvalue weighted by Crippen LogP contribution is -2.06. The Morgan fingerprint density at radius 3 is 1.49 bits per heavy atom. The Balaban J connectivity index is 0.000000236. The molecule has 0 aliphatic heterocycles. The first-order chi connectivity index (χ1) is 20.4. The van der Waals surface area contributed by atoms with Crippen molar-refractivity contribution in [2.45, 2.75) is 0 Å². The Bertz CT molecular complexity index is 1730. The van der Waals surface area contributed by atoms with E-state index in [1.165, 1.54) is 63.8 Å². The number of phenols is 1. The summed E-state index contributed by atoms with van der Waals surface area (Å²) in [5.74, 6) is -3.86. The van der Waals surface area contributed by atoms with Gasteiger partial charge in [0.25, 0.3) is 0 Å². The first kappa shape index (κ1) is 31.6. The fraction of sp³-hybridized carbons (Fsp3) is 0.103. The predicted molar refractivity (Wildman–Crippen MR) is 147 cm³/mol. The maximum absolute atomic E-state index is 13.7. The van der Waals surface area contributed by atoms with Crippen LogP contribution < -0.4 is 14.2 Å². The van der Waals surface area contributed by atoms with Gasteiger partial charge in [-0.1, -0.05) is 24.3 Å². The summed E-state index contributed by atoms with van der Waals surface area (Å²) < 4.78 is 42.1. The van der Waals surface area contributed by atoms with Crippen molar-refractivity contribution in [1.29, 1.82) is 0 Å². The molecule has 0 saturated heterocycles. The fourth-order valence-electron chi connectivity index (χ4n) is 3.83. The van der Waals surface area contributed by atoms with E-state index in [0.29, 0.717) is 0 Å². The van der Waals surface area contributed by atoms with Gasteiger partial charge in [0, 0.05) is 23.3 Å². The highest BCUT2D eigenvalue weighted by Gasteiger charge is 2.26. The van der Waals surface area contributed by atoms with Crippen LogP contribution >= 0.6 is 0 Å². The lowest BCUT2D eigenvalue weighted by molar-refractivity contribution is -0.386. The molecule has 0 saturated carbocycles. The summed E-state index contributed by atoms with van der Waals surface area (Å²) in [4.78, 5) is 45.0. The van der Waals surface area contributed by atoms with Crippen molar-refractivity contribution in [1.82, 2.24) is 0 Å². The number of methoxy groups -OCH3 is 3. The number of phenolic OH excluding ortho intramolecular Hbond substituents is 1. The molecule has 0 aromatic heterocycles. The Morgan fingerprint density at radius 1 is 0.674 bits per heavy atom. The van der Waals surface area contributed by atoms with Crippen LogP contribution in [0, 0.1) is 31.9 Å². The van der Waals surface area contributed by atoms with Crippen molar-refractivity contribution in [2.24, 2.45) is 0 Å². The molecule has 0 heterocycles. The third-order valence-electron chi connectivity index (χ3n) is 5.89. The number of rotatable bonds is 9. The fourth-order valence-corrected chi connectivity index (χ4v) is 3.83. The second-order valence-electron chi connectivity index (χ2n) is 8.41. The minimum Gasteiger partial charge on any atom is -0.500 e. The van der Waals surface area contributed by atoms with Crippen LogP contribution in [0.4, 0.5) is 20.2 Å². The number of hydrogen-bond donors (Lipinski definition) is 1. The van der Waals surface area contributed by atoms with E-state index in [-0.39, 0.29) is 39.5 Å². The van der Waals surface area contributed by atoms with Crippen LogP contribution in [0.25, 0.3) is 0 Å². The Morgan fingerprint density at radius 2 is 1.09 bits per heavy atom. The zero-order chi connectivity index (χ0) is 31.8. The average Bonchev–Trinajstić information content (AvgIpc) is 3.00. The number of nitrogens with zero attached hydrogens (tertiary/aromatic N) is 2. The molecule has 0 atom stereocenters. The van der Waals surface area contributed by atoms with Crippen LogP contribution in [0.2, 0.25) is 0 Å². The number of nitro benzene ring substituents is 2. The van der Waals surface area contributed by atoms with Crippen LogP contribution in [0.15, 0.2) is 72.8 Å². The van der Waals surface area contributed by atoms with Crippen LogP contribution in [0.1, 0.15) is 31.8 Å². The van der Waals surface area contributed by atoms with Gasteiger partial charge >= 0.3 is 11.4 Å². The molecular weight excluding hydrogens is 574 g/mol. The molecule has 0 spiro atoms. The highest BCUT2D eigenvalue weighted by Crippen LogP contribution is 2.39. The van der Waals surface area contributed by atoms with Gasteiger partial charge < -0.3 is 19.3 Å². The number of ether oxygens (including phenoxy) is 3. The van der Waals surface area contributed by atoms with Gasteiger partial charge in [0.1, 0.15) is 11.6 Å². The number of benzene rings is 4. The van der Waals surface area contributed by atoms with Crippen LogP contribution in [-0.4, -0.2) is 47.8 Å². The van der Waals surface area contributed by atoms with E-state index in [1.54, 1.807) is 0 Å². The molecular formula is C29H22F2N2O10. The first-order valence-corrected chi connectivity index (χ1v) is 12.0. The number of hydrogen-bond acceptors (Lipinski definition) is 10. The maximum Gasteiger partial charge on any atom is 0.315 e. The summed E-state index contributed by atoms with van der Waals surface area (Å²) >= 11 is 0. The molecule has 0 aliphatic rings. The second kappa shape index (κ2) is 13.6. The quantitative estimate of drug-likeness (QED) is 0.145. The highest BCUT2D eigenvalue weighted by molar-refractivity contribution is 6.10. The molecule has 4 aromatic carbocycles. The minimum atomic E-state index is -0.851. The summed E-state index contributed by atoms with van der Waals surface area (Å²) in [7, 11) is 3.73. The number of carbonyl (C=O) groups excluding carboxylic acids is 2. The third kappa shape index (κ3) is 6.87. The van der Waals surface area contributed by atoms with Gasteiger partial charge in [0.2, 0.25) is 11.5 Å². The topological polar surface area (TPSA) is 168 Å². The second-order valence-corrected chi connectivity index (χ2v) is 8.41. The highest BCUT2D eigenvalue weighted by atomic mass is 19.1. The van der Waals surface area contributed by atoms with Gasteiger partial charge in [-0.15, -0.1) is 0 Å². The van der Waals surface area contributed by atoms with E-state index < -0.39 is 50.2 Å². The summed E-state index contributed by atoms with van der Waals surface area (Å²) in [6.45, 7) is 0. The van der Waals surface area contributed by atoms with Crippen LogP contribution in [0.3, 0.4) is 0 Å². The zero-order valence-electron chi connectivity index (χ0n) is 22.7. The third-order valence-corrected chi connectivity index (χ3v) is 5.89. The lowest BCUT2D eigenvalue weighted by Gasteiger charge is -2.10. The number of nitro groups is 2. The summed E-state index contributed by atoms with van der Waals surface area (Å²) in [5.41, 5.74) is -1.73. The van der Waals surface area contributed by atoms with Crippen molar-refractivity contribution in [3.05, 3.63) is 127 Å². The Hall–Kier alpha value is -5.92. The van der Waals surface area contributed by atoms with E-state index in [1.807, 2.05) is 0 Å². The zero-order valence-corrected chi connectivity index (χ0v) is 22.7. The molecule has 0 bridgehead atoms. The minimum absolute atomic E-state index is 0.0244. The number of carbonyl (C=O) groups is 2. The summed E-state index contributed by atoms with van der Waals surface area (Å²) in [5, 5.41) is 31.6. The van der Waals surface area contributed by atoms with Gasteiger partial charge in [-0.25, -0.2) is 8.78 Å². The molecule has 0 unspecified atom stereocenters. The van der Waals surface area contributed by atoms with Crippen molar-refractivity contribution in [3.8, 4) is 23.0 Å². The van der Waals surface area contributed by atoms with Gasteiger partial charge in [-0.2, -0.15) is 0 Å². The number of aromatic hydroxyl groups is 1. The van der Waals surface area contributed by atoms with E-state index in [0.717, 1.165) is 30.3 Å². The van der Waals surface area contributed by atoms with Crippen molar-refractivity contribution < 1.29 is 47.5 Å². The summed E-state index contributed by atoms with van der Waals surface area (Å²) in [6.07, 6.45) is 0. The monoisotopic (exact) mass is 596 g/mol. The molecule has 1 N–H and O–H groups in total. The normalized spacial score (nSPS) is 10.2. The maximum atomic E-state index is 13.7. The molecule has 14 heteroatoms. The standard InChI is InChI=1S/C15H12FNO5.C14H10FNO5/c1-21-13-8-9(7-12(17(19)20)15(13)22-2)14(18)10-5-3-4-6-11(10)16;1-21-12-7-8(6-11(14(12)18)16(19)20)13(17)9-4-2-3-5-10(9)15/h3-8H,1-2H3;2-7,18H,1H3. The van der Waals surface area contributed by atoms with Crippen LogP contribution in [-0.2, 0) is 0 Å². The molecule has 0 aliphatic carbocycles. The molecule has 0 radical (unpaired) electrons. The van der Waals surface area contributed by atoms with Crippen LogP contribution in [0.5, 0.6) is 23.0 Å². The van der Waals surface area contributed by atoms with Crippen molar-refractivity contribution in [2.75, 3.05) is 21.3 Å². The largest absolute Gasteiger partial charge is 0.500 e. The van der Waals surface area contributed by atoms with E-state index >= 15 is 0 Å². The molecule has 222 valence electrons. The van der Waals surface area contributed by atoms with Gasteiger partial charge in [0.15, 0.2) is 23.1 Å². The van der Waals surface area contributed by atoms with E-state index in [4.69, 9.17) is 14.2 Å². The van der Waals surface area contributed by atoms with Gasteiger partial charge in [0.05, 0.1) is 42.3 Å². The Kier molecular flexibility index (Phi) is 10.0. The van der Waals surface area contributed by atoms with E-state index in [2.05, 4.69) is 0 Å².